The highest BCUT2D eigenvalue weighted by Crippen LogP contribution is 2.00. The van der Waals surface area contributed by atoms with Gasteiger partial charge in [0, 0.05) is 12.1 Å². The molecule has 0 spiro atoms. The van der Waals surface area contributed by atoms with E-state index in [1.807, 2.05) is 0 Å². The predicted octanol–water partition coefficient (Wildman–Crippen LogP) is -0.227. The van der Waals surface area contributed by atoms with Crippen molar-refractivity contribution >= 4 is 0 Å². The van der Waals surface area contributed by atoms with Gasteiger partial charge in [-0.1, -0.05) is 10.4 Å². The summed E-state index contributed by atoms with van der Waals surface area (Å²) in [5.74, 6) is 0. The van der Waals surface area contributed by atoms with Crippen molar-refractivity contribution in [2.24, 2.45) is 5.73 Å². The topological polar surface area (TPSA) is 82.8 Å². The highest BCUT2D eigenvalue weighted by atomic mass is 16.5. The summed E-state index contributed by atoms with van der Waals surface area (Å²) >= 11 is 0. The van der Waals surface area contributed by atoms with E-state index in [2.05, 4.69) is 20.0 Å². The lowest BCUT2D eigenvalue weighted by atomic mass is 10.4. The Labute approximate surface area is 74.3 Å². The van der Waals surface area contributed by atoms with Gasteiger partial charge in [-0.25, -0.2) is 4.68 Å². The van der Waals surface area contributed by atoms with E-state index in [0.29, 0.717) is 13.1 Å². The Morgan fingerprint density at radius 3 is 3.08 bits per heavy atom. The molecule has 0 aromatic carbocycles. The first-order valence-electron chi connectivity index (χ1n) is 3.86. The second-order valence-electron chi connectivity index (χ2n) is 2.64. The molecule has 13 heavy (non-hydrogen) atoms. The molecule has 6 nitrogen and oxygen atoms in total. The highest BCUT2D eigenvalue weighted by molar-refractivity contribution is 5.01. The first-order valence-corrected chi connectivity index (χ1v) is 3.86. The Bertz CT molecular complexity index is 366. The van der Waals surface area contributed by atoms with Gasteiger partial charge in [0.15, 0.2) is 0 Å². The lowest BCUT2D eigenvalue weighted by Gasteiger charge is -1.93. The molecule has 2 N–H and O–H groups in total. The molecule has 2 aromatic heterocycles. The van der Waals surface area contributed by atoms with Crippen LogP contribution in [0.25, 0.3) is 0 Å². The molecule has 0 amide bonds. The van der Waals surface area contributed by atoms with Crippen LogP contribution in [0.5, 0.6) is 0 Å². The molecule has 0 atom stereocenters. The Hall–Kier alpha value is -1.69. The largest absolute Gasteiger partial charge is 0.364 e. The maximum Gasteiger partial charge on any atom is 0.128 e. The SMILES string of the molecule is NCc1cn(Cc2cnoc2)nn1. The number of nitrogens with two attached hydrogens (primary N) is 1. The third-order valence-electron chi connectivity index (χ3n) is 1.62. The van der Waals surface area contributed by atoms with Crippen LogP contribution in [0.2, 0.25) is 0 Å². The average molecular weight is 179 g/mol. The number of hydrogen-bond acceptors (Lipinski definition) is 5. The fourth-order valence-electron chi connectivity index (χ4n) is 1.00. The van der Waals surface area contributed by atoms with Crippen molar-refractivity contribution in [1.82, 2.24) is 20.2 Å². The molecule has 0 fully saturated rings. The zero-order chi connectivity index (χ0) is 9.10. The van der Waals surface area contributed by atoms with Crippen molar-refractivity contribution in [3.8, 4) is 0 Å². The number of rotatable bonds is 3. The molecule has 68 valence electrons. The van der Waals surface area contributed by atoms with E-state index in [1.54, 1.807) is 23.3 Å². The normalized spacial score (nSPS) is 10.5. The van der Waals surface area contributed by atoms with Crippen molar-refractivity contribution < 1.29 is 4.52 Å². The monoisotopic (exact) mass is 179 g/mol. The third-order valence-corrected chi connectivity index (χ3v) is 1.62. The molecule has 0 aliphatic heterocycles. The fourth-order valence-corrected chi connectivity index (χ4v) is 1.00. The maximum atomic E-state index is 5.39. The van der Waals surface area contributed by atoms with Crippen LogP contribution in [0.4, 0.5) is 0 Å². The Morgan fingerprint density at radius 2 is 2.46 bits per heavy atom. The van der Waals surface area contributed by atoms with Crippen molar-refractivity contribution in [3.63, 3.8) is 0 Å². The standard InChI is InChI=1S/C7H9N5O/c8-1-7-4-12(11-10-7)3-6-2-9-13-5-6/h2,4-5H,1,3,8H2. The Kier molecular flexibility index (Phi) is 2.05. The smallest absolute Gasteiger partial charge is 0.128 e. The van der Waals surface area contributed by atoms with Gasteiger partial charge in [0.2, 0.25) is 0 Å². The van der Waals surface area contributed by atoms with Crippen LogP contribution in [0, 0.1) is 0 Å². The Balaban J connectivity index is 2.10. The number of nitrogens with zero attached hydrogens (tertiary/aromatic N) is 4. The van der Waals surface area contributed by atoms with Gasteiger partial charge < -0.3 is 10.3 Å². The van der Waals surface area contributed by atoms with Crippen LogP contribution in [0.3, 0.4) is 0 Å². The molecule has 0 saturated heterocycles. The minimum Gasteiger partial charge on any atom is -0.364 e. The first-order chi connectivity index (χ1) is 6.38. The summed E-state index contributed by atoms with van der Waals surface area (Å²) in [5.41, 5.74) is 7.12. The van der Waals surface area contributed by atoms with Crippen LogP contribution < -0.4 is 5.73 Å². The van der Waals surface area contributed by atoms with Gasteiger partial charge in [-0.15, -0.1) is 5.10 Å². The first kappa shape index (κ1) is 7.93. The van der Waals surface area contributed by atoms with E-state index >= 15 is 0 Å². The van der Waals surface area contributed by atoms with Gasteiger partial charge in [-0.05, 0) is 0 Å². The molecule has 0 unspecified atom stereocenters. The van der Waals surface area contributed by atoms with Crippen molar-refractivity contribution in [3.05, 3.63) is 29.9 Å². The third kappa shape index (κ3) is 1.73. The van der Waals surface area contributed by atoms with Gasteiger partial charge in [0.25, 0.3) is 0 Å². The summed E-state index contributed by atoms with van der Waals surface area (Å²) in [6.07, 6.45) is 5.01. The zero-order valence-electron chi connectivity index (χ0n) is 6.92. The minimum absolute atomic E-state index is 0.406. The summed E-state index contributed by atoms with van der Waals surface area (Å²) in [6, 6.07) is 0. The van der Waals surface area contributed by atoms with Crippen LogP contribution in [-0.4, -0.2) is 20.2 Å². The highest BCUT2D eigenvalue weighted by Gasteiger charge is 2.00. The fraction of sp³-hybridized carbons (Fsp3) is 0.286. The van der Waals surface area contributed by atoms with E-state index in [9.17, 15) is 0 Å². The number of hydrogen-bond donors (Lipinski definition) is 1. The molecule has 0 bridgehead atoms. The predicted molar refractivity (Wildman–Crippen MR) is 43.5 cm³/mol. The zero-order valence-corrected chi connectivity index (χ0v) is 6.92. The maximum absolute atomic E-state index is 5.39. The van der Waals surface area contributed by atoms with Gasteiger partial charge in [-0.3, -0.25) is 0 Å². The molecule has 0 radical (unpaired) electrons. The van der Waals surface area contributed by atoms with E-state index < -0.39 is 0 Å². The van der Waals surface area contributed by atoms with Crippen molar-refractivity contribution in [1.29, 1.82) is 0 Å². The van der Waals surface area contributed by atoms with E-state index in [-0.39, 0.29) is 0 Å². The van der Waals surface area contributed by atoms with Gasteiger partial charge in [0.1, 0.15) is 6.26 Å². The van der Waals surface area contributed by atoms with E-state index in [4.69, 9.17) is 5.73 Å². The summed E-state index contributed by atoms with van der Waals surface area (Å²) in [5, 5.41) is 11.3. The average Bonchev–Trinajstić information content (AvgIpc) is 2.76. The van der Waals surface area contributed by atoms with Gasteiger partial charge >= 0.3 is 0 Å². The molecule has 2 heterocycles. The summed E-state index contributed by atoms with van der Waals surface area (Å²) in [7, 11) is 0. The van der Waals surface area contributed by atoms with Crippen LogP contribution in [-0.2, 0) is 13.1 Å². The molecular formula is C7H9N5O. The summed E-state index contributed by atoms with van der Waals surface area (Å²) < 4.78 is 6.37. The summed E-state index contributed by atoms with van der Waals surface area (Å²) in [6.45, 7) is 1.01. The molecule has 0 saturated carbocycles. The van der Waals surface area contributed by atoms with E-state index in [1.165, 1.54) is 0 Å². The van der Waals surface area contributed by atoms with Gasteiger partial charge in [-0.2, -0.15) is 0 Å². The molecule has 6 heteroatoms. The van der Waals surface area contributed by atoms with Crippen LogP contribution >= 0.6 is 0 Å². The molecule has 0 aliphatic carbocycles. The van der Waals surface area contributed by atoms with Crippen LogP contribution in [0.1, 0.15) is 11.3 Å². The van der Waals surface area contributed by atoms with Crippen molar-refractivity contribution in [2.45, 2.75) is 13.1 Å². The second kappa shape index (κ2) is 3.36. The van der Waals surface area contributed by atoms with Gasteiger partial charge in [0.05, 0.1) is 24.6 Å². The number of aromatic nitrogens is 4. The minimum atomic E-state index is 0.406. The van der Waals surface area contributed by atoms with E-state index in [0.717, 1.165) is 11.3 Å². The second-order valence-corrected chi connectivity index (χ2v) is 2.64. The molecule has 2 aromatic rings. The quantitative estimate of drug-likeness (QED) is 0.703. The Morgan fingerprint density at radius 1 is 1.54 bits per heavy atom. The summed E-state index contributed by atoms with van der Waals surface area (Å²) in [4.78, 5) is 0. The molecule has 0 aliphatic rings. The van der Waals surface area contributed by atoms with Crippen molar-refractivity contribution in [2.75, 3.05) is 0 Å². The lowest BCUT2D eigenvalue weighted by molar-refractivity contribution is 0.418. The van der Waals surface area contributed by atoms with Crippen LogP contribution in [0.15, 0.2) is 23.2 Å². The molecule has 2 rings (SSSR count). The lowest BCUT2D eigenvalue weighted by Crippen LogP contribution is -1.99. The molecular weight excluding hydrogens is 170 g/mol.